The minimum absolute atomic E-state index is 0.00909. The van der Waals surface area contributed by atoms with Gasteiger partial charge in [-0.15, -0.1) is 0 Å². The molecule has 0 aliphatic rings. The van der Waals surface area contributed by atoms with E-state index in [9.17, 15) is 4.79 Å². The number of aryl methyl sites for hydroxylation is 1. The van der Waals surface area contributed by atoms with E-state index in [0.717, 1.165) is 11.1 Å². The maximum absolute atomic E-state index is 12.2. The fourth-order valence-corrected chi connectivity index (χ4v) is 2.88. The zero-order valence-electron chi connectivity index (χ0n) is 12.1. The average molecular weight is 288 g/mol. The first kappa shape index (κ1) is 14.8. The Hall–Kier alpha value is -1.65. The lowest BCUT2D eigenvalue weighted by molar-refractivity contribution is 0.0941. The first-order valence-electron chi connectivity index (χ1n) is 6.62. The molecule has 2 aromatic rings. The molecule has 2 rings (SSSR count). The Labute approximate surface area is 124 Å². The molecular weight excluding hydrogens is 268 g/mol. The zero-order valence-corrected chi connectivity index (χ0v) is 12.9. The van der Waals surface area contributed by atoms with Crippen molar-refractivity contribution in [3.63, 3.8) is 0 Å². The van der Waals surface area contributed by atoms with E-state index < -0.39 is 0 Å². The molecule has 0 saturated heterocycles. The predicted octanol–water partition coefficient (Wildman–Crippen LogP) is 3.09. The number of nitrogens with zero attached hydrogens (tertiary/aromatic N) is 1. The molecule has 0 radical (unpaired) electrons. The molecule has 0 unspecified atom stereocenters. The molecule has 0 aliphatic heterocycles. The van der Waals surface area contributed by atoms with E-state index in [1.54, 1.807) is 11.3 Å². The second-order valence-electron chi connectivity index (χ2n) is 5.06. The zero-order chi connectivity index (χ0) is 14.5. The molecule has 3 nitrogen and oxygen atoms in total. The number of thiophene rings is 1. The number of amides is 1. The summed E-state index contributed by atoms with van der Waals surface area (Å²) in [5.41, 5.74) is 2.99. The van der Waals surface area contributed by atoms with Crippen molar-refractivity contribution in [1.82, 2.24) is 10.2 Å². The molecule has 1 aromatic carbocycles. The van der Waals surface area contributed by atoms with Gasteiger partial charge in [-0.1, -0.05) is 18.2 Å². The van der Waals surface area contributed by atoms with E-state index in [-0.39, 0.29) is 11.9 Å². The monoisotopic (exact) mass is 288 g/mol. The highest BCUT2D eigenvalue weighted by molar-refractivity contribution is 7.07. The summed E-state index contributed by atoms with van der Waals surface area (Å²) in [4.78, 5) is 14.4. The first-order chi connectivity index (χ1) is 9.59. The Balaban J connectivity index is 2.03. The Morgan fingerprint density at radius 1 is 1.30 bits per heavy atom. The van der Waals surface area contributed by atoms with Gasteiger partial charge in [0.25, 0.3) is 5.91 Å². The fraction of sp³-hybridized carbons (Fsp3) is 0.312. The van der Waals surface area contributed by atoms with E-state index in [1.807, 2.05) is 45.3 Å². The number of rotatable bonds is 5. The summed E-state index contributed by atoms with van der Waals surface area (Å²) in [5, 5.41) is 7.23. The molecule has 106 valence electrons. The summed E-state index contributed by atoms with van der Waals surface area (Å²) < 4.78 is 0. The van der Waals surface area contributed by atoms with Crippen molar-refractivity contribution in [2.24, 2.45) is 0 Å². The van der Waals surface area contributed by atoms with Gasteiger partial charge in [-0.3, -0.25) is 4.79 Å². The SMILES string of the molecule is Cc1ccccc1C(=O)NC[C@@H](c1ccsc1)N(C)C. The molecule has 0 bridgehead atoms. The molecule has 1 atom stereocenters. The normalized spacial score (nSPS) is 12.4. The largest absolute Gasteiger partial charge is 0.350 e. The van der Waals surface area contributed by atoms with Crippen LogP contribution in [0.25, 0.3) is 0 Å². The minimum atomic E-state index is -0.00909. The van der Waals surface area contributed by atoms with Gasteiger partial charge in [0.2, 0.25) is 0 Å². The molecule has 20 heavy (non-hydrogen) atoms. The van der Waals surface area contributed by atoms with Gasteiger partial charge in [-0.25, -0.2) is 0 Å². The van der Waals surface area contributed by atoms with Crippen molar-refractivity contribution in [2.75, 3.05) is 20.6 Å². The lowest BCUT2D eigenvalue weighted by atomic mass is 10.1. The molecular formula is C16H20N2OS. The van der Waals surface area contributed by atoms with E-state index in [0.29, 0.717) is 6.54 Å². The molecule has 0 saturated carbocycles. The number of hydrogen-bond acceptors (Lipinski definition) is 3. The van der Waals surface area contributed by atoms with Crippen LogP contribution in [-0.2, 0) is 0 Å². The lowest BCUT2D eigenvalue weighted by Crippen LogP contribution is -2.34. The number of likely N-dealkylation sites (N-methyl/N-ethyl adjacent to an activating group) is 1. The van der Waals surface area contributed by atoms with Gasteiger partial charge < -0.3 is 10.2 Å². The van der Waals surface area contributed by atoms with Crippen LogP contribution < -0.4 is 5.32 Å². The fourth-order valence-electron chi connectivity index (χ4n) is 2.18. The summed E-state index contributed by atoms with van der Waals surface area (Å²) in [5.74, 6) is -0.00909. The second-order valence-corrected chi connectivity index (χ2v) is 5.84. The number of hydrogen-bond donors (Lipinski definition) is 1. The van der Waals surface area contributed by atoms with Crippen LogP contribution in [-0.4, -0.2) is 31.4 Å². The highest BCUT2D eigenvalue weighted by Crippen LogP contribution is 2.20. The summed E-state index contributed by atoms with van der Waals surface area (Å²) >= 11 is 1.68. The van der Waals surface area contributed by atoms with Crippen molar-refractivity contribution in [3.8, 4) is 0 Å². The Morgan fingerprint density at radius 2 is 2.05 bits per heavy atom. The van der Waals surface area contributed by atoms with Gasteiger partial charge in [0, 0.05) is 12.1 Å². The predicted molar refractivity (Wildman–Crippen MR) is 84.3 cm³/mol. The third kappa shape index (κ3) is 3.46. The lowest BCUT2D eigenvalue weighted by Gasteiger charge is -2.24. The van der Waals surface area contributed by atoms with Gasteiger partial charge in [0.1, 0.15) is 0 Å². The van der Waals surface area contributed by atoms with Crippen LogP contribution >= 0.6 is 11.3 Å². The Kier molecular flexibility index (Phi) is 4.93. The molecule has 0 spiro atoms. The van der Waals surface area contributed by atoms with Gasteiger partial charge in [0.15, 0.2) is 0 Å². The number of carbonyl (C=O) groups is 1. The van der Waals surface area contributed by atoms with Crippen LogP contribution in [0.1, 0.15) is 27.5 Å². The van der Waals surface area contributed by atoms with Gasteiger partial charge in [-0.2, -0.15) is 11.3 Å². The molecule has 0 fully saturated rings. The highest BCUT2D eigenvalue weighted by Gasteiger charge is 2.16. The molecule has 1 amide bonds. The third-order valence-electron chi connectivity index (χ3n) is 3.40. The van der Waals surface area contributed by atoms with Crippen molar-refractivity contribution in [3.05, 3.63) is 57.8 Å². The molecule has 1 N–H and O–H groups in total. The van der Waals surface area contributed by atoms with Crippen LogP contribution in [0, 0.1) is 6.92 Å². The summed E-state index contributed by atoms with van der Waals surface area (Å²) in [7, 11) is 4.06. The standard InChI is InChI=1S/C16H20N2OS/c1-12-6-4-5-7-14(12)16(19)17-10-15(18(2)3)13-8-9-20-11-13/h4-9,11,15H,10H2,1-3H3,(H,17,19)/t15-/m0/s1. The number of carbonyl (C=O) groups excluding carboxylic acids is 1. The van der Waals surface area contributed by atoms with Crippen LogP contribution in [0.2, 0.25) is 0 Å². The summed E-state index contributed by atoms with van der Waals surface area (Å²) in [6, 6.07) is 9.96. The maximum atomic E-state index is 12.2. The van der Waals surface area contributed by atoms with E-state index in [1.165, 1.54) is 5.56 Å². The Morgan fingerprint density at radius 3 is 2.65 bits per heavy atom. The van der Waals surface area contributed by atoms with E-state index in [2.05, 4.69) is 27.0 Å². The summed E-state index contributed by atoms with van der Waals surface area (Å²) in [6.07, 6.45) is 0. The van der Waals surface area contributed by atoms with Crippen molar-refractivity contribution in [1.29, 1.82) is 0 Å². The van der Waals surface area contributed by atoms with Crippen molar-refractivity contribution < 1.29 is 4.79 Å². The topological polar surface area (TPSA) is 32.3 Å². The Bertz CT molecular complexity index is 564. The average Bonchev–Trinajstić information content (AvgIpc) is 2.92. The molecule has 0 aliphatic carbocycles. The summed E-state index contributed by atoms with van der Waals surface area (Å²) in [6.45, 7) is 2.56. The van der Waals surface area contributed by atoms with Crippen LogP contribution in [0.15, 0.2) is 41.1 Å². The van der Waals surface area contributed by atoms with Gasteiger partial charge >= 0.3 is 0 Å². The van der Waals surface area contributed by atoms with Crippen molar-refractivity contribution >= 4 is 17.2 Å². The second kappa shape index (κ2) is 6.68. The number of nitrogens with one attached hydrogen (secondary N) is 1. The molecule has 1 aromatic heterocycles. The highest BCUT2D eigenvalue weighted by atomic mass is 32.1. The molecule has 4 heteroatoms. The van der Waals surface area contributed by atoms with Crippen LogP contribution in [0.4, 0.5) is 0 Å². The molecule has 1 heterocycles. The van der Waals surface area contributed by atoms with Crippen molar-refractivity contribution in [2.45, 2.75) is 13.0 Å². The van der Waals surface area contributed by atoms with Gasteiger partial charge in [-0.05, 0) is 55.0 Å². The quantitative estimate of drug-likeness (QED) is 0.917. The third-order valence-corrected chi connectivity index (χ3v) is 4.10. The van der Waals surface area contributed by atoms with E-state index in [4.69, 9.17) is 0 Å². The van der Waals surface area contributed by atoms with Crippen LogP contribution in [0.5, 0.6) is 0 Å². The smallest absolute Gasteiger partial charge is 0.251 e. The van der Waals surface area contributed by atoms with E-state index >= 15 is 0 Å². The first-order valence-corrected chi connectivity index (χ1v) is 7.56. The number of benzene rings is 1. The minimum Gasteiger partial charge on any atom is -0.350 e. The van der Waals surface area contributed by atoms with Crippen LogP contribution in [0.3, 0.4) is 0 Å². The maximum Gasteiger partial charge on any atom is 0.251 e. The van der Waals surface area contributed by atoms with Gasteiger partial charge in [0.05, 0.1) is 6.04 Å².